The Bertz CT molecular complexity index is 831. The average molecular weight is 320 g/mol. The van der Waals surface area contributed by atoms with Gasteiger partial charge in [0, 0.05) is 16.7 Å². The summed E-state index contributed by atoms with van der Waals surface area (Å²) in [6, 6.07) is 15.3. The van der Waals surface area contributed by atoms with Crippen LogP contribution in [0.15, 0.2) is 53.1 Å². The van der Waals surface area contributed by atoms with Crippen molar-refractivity contribution in [3.05, 3.63) is 59.7 Å². The third-order valence-electron chi connectivity index (χ3n) is 4.53. The van der Waals surface area contributed by atoms with Crippen LogP contribution >= 0.6 is 0 Å². The molecule has 24 heavy (non-hydrogen) atoms. The second kappa shape index (κ2) is 6.40. The van der Waals surface area contributed by atoms with Crippen molar-refractivity contribution in [3.63, 3.8) is 0 Å². The minimum absolute atomic E-state index is 0.152. The van der Waals surface area contributed by atoms with Gasteiger partial charge in [0.05, 0.1) is 0 Å². The lowest BCUT2D eigenvalue weighted by Gasteiger charge is -2.23. The molecule has 1 aromatic heterocycles. The minimum Gasteiger partial charge on any atom is -0.334 e. The molecule has 0 fully saturated rings. The Kier molecular flexibility index (Phi) is 4.30. The van der Waals surface area contributed by atoms with Crippen LogP contribution in [-0.4, -0.2) is 16.4 Å². The van der Waals surface area contributed by atoms with Gasteiger partial charge in [0.15, 0.2) is 0 Å². The molecule has 0 unspecified atom stereocenters. The van der Waals surface area contributed by atoms with Gasteiger partial charge < -0.3 is 4.52 Å². The standard InChI is InChI=1S/C20H20N2O2/c1-4-20(2,3)17-11-9-16(10-12-17)19-21-18(22-24-19)15-7-5-14(13-23)6-8-15/h5-13H,4H2,1-3H3. The molecule has 0 saturated heterocycles. The number of hydrogen-bond acceptors (Lipinski definition) is 4. The molecule has 0 radical (unpaired) electrons. The zero-order valence-electron chi connectivity index (χ0n) is 14.1. The van der Waals surface area contributed by atoms with Crippen molar-refractivity contribution in [1.29, 1.82) is 0 Å². The normalized spacial score (nSPS) is 11.5. The number of hydrogen-bond donors (Lipinski definition) is 0. The van der Waals surface area contributed by atoms with Crippen LogP contribution in [0.1, 0.15) is 43.1 Å². The fourth-order valence-corrected chi connectivity index (χ4v) is 2.44. The molecule has 122 valence electrons. The fraction of sp³-hybridized carbons (Fsp3) is 0.250. The molecule has 2 aromatic carbocycles. The number of aldehydes is 1. The first-order valence-corrected chi connectivity index (χ1v) is 8.04. The highest BCUT2D eigenvalue weighted by Gasteiger charge is 2.18. The molecule has 0 N–H and O–H groups in total. The first kappa shape index (κ1) is 16.1. The Morgan fingerprint density at radius 2 is 1.62 bits per heavy atom. The Morgan fingerprint density at radius 3 is 2.21 bits per heavy atom. The molecule has 0 spiro atoms. The van der Waals surface area contributed by atoms with Crippen molar-refractivity contribution < 1.29 is 9.32 Å². The Labute approximate surface area is 141 Å². The second-order valence-electron chi connectivity index (χ2n) is 6.48. The predicted molar refractivity (Wildman–Crippen MR) is 93.9 cm³/mol. The maximum absolute atomic E-state index is 10.7. The van der Waals surface area contributed by atoms with Crippen LogP contribution in [0.2, 0.25) is 0 Å². The Hall–Kier alpha value is -2.75. The van der Waals surface area contributed by atoms with Gasteiger partial charge in [-0.2, -0.15) is 4.98 Å². The SMILES string of the molecule is CCC(C)(C)c1ccc(-c2nc(-c3ccc(C=O)cc3)no2)cc1. The number of carbonyl (C=O) groups excluding carboxylic acids is 1. The first-order chi connectivity index (χ1) is 11.5. The van der Waals surface area contributed by atoms with E-state index < -0.39 is 0 Å². The molecular formula is C20H20N2O2. The van der Waals surface area contributed by atoms with E-state index in [9.17, 15) is 4.79 Å². The molecule has 1 heterocycles. The topological polar surface area (TPSA) is 56.0 Å². The molecule has 0 aliphatic heterocycles. The summed E-state index contributed by atoms with van der Waals surface area (Å²) in [5.41, 5.74) is 3.78. The van der Waals surface area contributed by atoms with E-state index in [-0.39, 0.29) is 5.41 Å². The van der Waals surface area contributed by atoms with Crippen LogP contribution in [0.3, 0.4) is 0 Å². The maximum Gasteiger partial charge on any atom is 0.258 e. The van der Waals surface area contributed by atoms with E-state index in [0.717, 1.165) is 23.8 Å². The molecular weight excluding hydrogens is 300 g/mol. The highest BCUT2D eigenvalue weighted by molar-refractivity contribution is 5.76. The van der Waals surface area contributed by atoms with E-state index >= 15 is 0 Å². The largest absolute Gasteiger partial charge is 0.334 e. The maximum atomic E-state index is 10.7. The number of rotatable bonds is 5. The van der Waals surface area contributed by atoms with E-state index in [1.165, 1.54) is 5.56 Å². The number of carbonyl (C=O) groups is 1. The lowest BCUT2D eigenvalue weighted by molar-refractivity contribution is 0.112. The van der Waals surface area contributed by atoms with Crippen LogP contribution in [0.4, 0.5) is 0 Å². The summed E-state index contributed by atoms with van der Waals surface area (Å²) < 4.78 is 5.38. The third-order valence-corrected chi connectivity index (χ3v) is 4.53. The van der Waals surface area contributed by atoms with E-state index in [1.54, 1.807) is 12.1 Å². The van der Waals surface area contributed by atoms with Crippen molar-refractivity contribution in [2.75, 3.05) is 0 Å². The highest BCUT2D eigenvalue weighted by Crippen LogP contribution is 2.29. The molecule has 0 atom stereocenters. The zero-order valence-corrected chi connectivity index (χ0v) is 14.1. The van der Waals surface area contributed by atoms with Gasteiger partial charge in [0.1, 0.15) is 6.29 Å². The molecule has 0 saturated carbocycles. The molecule has 3 rings (SSSR count). The summed E-state index contributed by atoms with van der Waals surface area (Å²) in [6.45, 7) is 6.65. The van der Waals surface area contributed by atoms with Crippen molar-refractivity contribution in [2.45, 2.75) is 32.6 Å². The zero-order chi connectivity index (χ0) is 17.2. The fourth-order valence-electron chi connectivity index (χ4n) is 2.44. The first-order valence-electron chi connectivity index (χ1n) is 8.04. The average Bonchev–Trinajstić information content (AvgIpc) is 3.12. The van der Waals surface area contributed by atoms with E-state index in [1.807, 2.05) is 24.3 Å². The summed E-state index contributed by atoms with van der Waals surface area (Å²) in [4.78, 5) is 15.2. The van der Waals surface area contributed by atoms with E-state index in [2.05, 4.69) is 43.0 Å². The minimum atomic E-state index is 0.152. The molecule has 0 bridgehead atoms. The summed E-state index contributed by atoms with van der Waals surface area (Å²) >= 11 is 0. The molecule has 3 aromatic rings. The summed E-state index contributed by atoms with van der Waals surface area (Å²) in [5, 5.41) is 4.03. The molecule has 4 heteroatoms. The quantitative estimate of drug-likeness (QED) is 0.627. The van der Waals surface area contributed by atoms with Crippen molar-refractivity contribution in [1.82, 2.24) is 10.1 Å². The second-order valence-corrected chi connectivity index (χ2v) is 6.48. The van der Waals surface area contributed by atoms with Gasteiger partial charge in [0.25, 0.3) is 5.89 Å². The van der Waals surface area contributed by atoms with Gasteiger partial charge in [0.2, 0.25) is 5.82 Å². The highest BCUT2D eigenvalue weighted by atomic mass is 16.5. The Balaban J connectivity index is 1.86. The monoisotopic (exact) mass is 320 g/mol. The van der Waals surface area contributed by atoms with Crippen LogP contribution < -0.4 is 0 Å². The predicted octanol–water partition coefficient (Wildman–Crippen LogP) is 4.90. The Morgan fingerprint density at radius 1 is 1.00 bits per heavy atom. The summed E-state index contributed by atoms with van der Waals surface area (Å²) in [7, 11) is 0. The third kappa shape index (κ3) is 3.13. The number of nitrogens with zero attached hydrogens (tertiary/aromatic N) is 2. The number of aromatic nitrogens is 2. The van der Waals surface area contributed by atoms with E-state index in [0.29, 0.717) is 17.3 Å². The molecule has 4 nitrogen and oxygen atoms in total. The van der Waals surface area contributed by atoms with Gasteiger partial charge >= 0.3 is 0 Å². The van der Waals surface area contributed by atoms with Crippen LogP contribution in [-0.2, 0) is 5.41 Å². The van der Waals surface area contributed by atoms with Crippen LogP contribution in [0.25, 0.3) is 22.8 Å². The molecule has 0 amide bonds. The van der Waals surface area contributed by atoms with Crippen molar-refractivity contribution in [3.8, 4) is 22.8 Å². The smallest absolute Gasteiger partial charge is 0.258 e. The van der Waals surface area contributed by atoms with Gasteiger partial charge in [-0.3, -0.25) is 4.79 Å². The van der Waals surface area contributed by atoms with E-state index in [4.69, 9.17) is 4.52 Å². The van der Waals surface area contributed by atoms with Crippen LogP contribution in [0, 0.1) is 0 Å². The van der Waals surface area contributed by atoms with Crippen molar-refractivity contribution >= 4 is 6.29 Å². The summed E-state index contributed by atoms with van der Waals surface area (Å²) in [6.07, 6.45) is 1.89. The lowest BCUT2D eigenvalue weighted by Crippen LogP contribution is -2.14. The van der Waals surface area contributed by atoms with Gasteiger partial charge in [-0.1, -0.05) is 62.3 Å². The van der Waals surface area contributed by atoms with Gasteiger partial charge in [-0.25, -0.2) is 0 Å². The van der Waals surface area contributed by atoms with Crippen molar-refractivity contribution in [2.24, 2.45) is 0 Å². The van der Waals surface area contributed by atoms with Crippen LogP contribution in [0.5, 0.6) is 0 Å². The lowest BCUT2D eigenvalue weighted by atomic mass is 9.82. The molecule has 0 aliphatic rings. The number of benzene rings is 2. The summed E-state index contributed by atoms with van der Waals surface area (Å²) in [5.74, 6) is 1.01. The molecule has 0 aliphatic carbocycles. The van der Waals surface area contributed by atoms with Gasteiger partial charge in [-0.15, -0.1) is 0 Å². The van der Waals surface area contributed by atoms with Gasteiger partial charge in [-0.05, 0) is 29.5 Å².